The van der Waals surface area contributed by atoms with Gasteiger partial charge in [0.2, 0.25) is 0 Å². The molecule has 8 nitrogen and oxygen atoms in total. The maximum atomic E-state index is 11.7. The predicted octanol–water partition coefficient (Wildman–Crippen LogP) is -2.87. The van der Waals surface area contributed by atoms with Crippen LogP contribution in [0.3, 0.4) is 0 Å². The lowest BCUT2D eigenvalue weighted by atomic mass is 10.0. The first-order valence-corrected chi connectivity index (χ1v) is 5.44. The fraction of sp³-hybridized carbons (Fsp3) is 0.455. The molecule has 0 unspecified atom stereocenters. The molecule has 0 aliphatic carbocycles. The number of aromatic amines is 1. The second-order valence-electron chi connectivity index (χ2n) is 4.10. The Morgan fingerprint density at radius 2 is 2.11 bits per heavy atom. The summed E-state index contributed by atoms with van der Waals surface area (Å²) in [6, 6.07) is 2.02. The highest BCUT2D eigenvalue weighted by Gasteiger charge is 2.44. The fourth-order valence-electron chi connectivity index (χ4n) is 1.94. The summed E-state index contributed by atoms with van der Waals surface area (Å²) in [7, 11) is 0. The summed E-state index contributed by atoms with van der Waals surface area (Å²) >= 11 is 0. The van der Waals surface area contributed by atoms with Gasteiger partial charge in [0, 0.05) is 12.2 Å². The standard InChI is InChI=1S/C11H12N2O6/c1-2-13-3-5(10(17)12-11(13)18)9-8(16)7(15)6(4-14)19-9/h1,3,6-9,14-16H,4H2,(H,12,17,18)/t6-,7-,8-,9+/m1/s1. The molecule has 4 N–H and O–H groups in total. The molecule has 4 atom stereocenters. The number of terminal acetylenes is 1. The number of aliphatic hydroxyl groups excluding tert-OH is 3. The molecule has 102 valence electrons. The minimum Gasteiger partial charge on any atom is -0.394 e. The Morgan fingerprint density at radius 3 is 2.63 bits per heavy atom. The van der Waals surface area contributed by atoms with Crippen LogP contribution < -0.4 is 11.2 Å². The molecule has 8 heteroatoms. The zero-order chi connectivity index (χ0) is 14.2. The molecule has 1 aliphatic rings. The molecule has 0 amide bonds. The third kappa shape index (κ3) is 2.20. The Bertz CT molecular complexity index is 627. The second kappa shape index (κ2) is 4.99. The van der Waals surface area contributed by atoms with E-state index in [2.05, 4.69) is 0 Å². The molecule has 2 rings (SSSR count). The molecule has 1 fully saturated rings. The van der Waals surface area contributed by atoms with Gasteiger partial charge in [-0.15, -0.1) is 0 Å². The van der Waals surface area contributed by atoms with E-state index in [9.17, 15) is 19.8 Å². The summed E-state index contributed by atoms with van der Waals surface area (Å²) in [5.74, 6) is 0. The highest BCUT2D eigenvalue weighted by molar-refractivity contribution is 5.16. The Balaban J connectivity index is 2.46. The molecule has 0 bridgehead atoms. The van der Waals surface area contributed by atoms with Gasteiger partial charge >= 0.3 is 5.69 Å². The minimum atomic E-state index is -1.40. The van der Waals surface area contributed by atoms with Crippen LogP contribution in [0, 0.1) is 12.5 Å². The van der Waals surface area contributed by atoms with Crippen LogP contribution in [0.1, 0.15) is 11.7 Å². The average Bonchev–Trinajstić information content (AvgIpc) is 2.67. The number of nitrogens with zero attached hydrogens (tertiary/aromatic N) is 1. The zero-order valence-electron chi connectivity index (χ0n) is 9.68. The molecule has 0 aromatic carbocycles. The van der Waals surface area contributed by atoms with Gasteiger partial charge in [0.25, 0.3) is 5.56 Å². The van der Waals surface area contributed by atoms with E-state index in [0.717, 1.165) is 10.8 Å². The van der Waals surface area contributed by atoms with Gasteiger partial charge in [-0.2, -0.15) is 0 Å². The van der Waals surface area contributed by atoms with E-state index in [1.54, 1.807) is 0 Å². The van der Waals surface area contributed by atoms with Gasteiger partial charge < -0.3 is 20.1 Å². The summed E-state index contributed by atoms with van der Waals surface area (Å²) < 4.78 is 5.97. The van der Waals surface area contributed by atoms with Crippen LogP contribution in [-0.4, -0.2) is 49.8 Å². The lowest BCUT2D eigenvalue weighted by Gasteiger charge is -2.14. The largest absolute Gasteiger partial charge is 0.394 e. The summed E-state index contributed by atoms with van der Waals surface area (Å²) in [5.41, 5.74) is -1.66. The Morgan fingerprint density at radius 1 is 1.42 bits per heavy atom. The second-order valence-corrected chi connectivity index (χ2v) is 4.10. The van der Waals surface area contributed by atoms with Crippen LogP contribution in [0.5, 0.6) is 0 Å². The lowest BCUT2D eigenvalue weighted by Crippen LogP contribution is -2.35. The van der Waals surface area contributed by atoms with Gasteiger partial charge in [0.15, 0.2) is 0 Å². The quantitative estimate of drug-likeness (QED) is 0.427. The van der Waals surface area contributed by atoms with Crippen molar-refractivity contribution in [1.82, 2.24) is 9.55 Å². The normalized spacial score (nSPS) is 30.2. The number of rotatable bonds is 2. The van der Waals surface area contributed by atoms with Crippen molar-refractivity contribution >= 4 is 0 Å². The Kier molecular flexibility index (Phi) is 3.55. The minimum absolute atomic E-state index is 0.0972. The SMILES string of the molecule is C#Cn1cc([C@@H]2O[C@H](CO)[C@@H](O)[C@H]2O)c(=O)[nH]c1=O. The molecule has 2 heterocycles. The van der Waals surface area contributed by atoms with Gasteiger partial charge in [0.05, 0.1) is 12.2 Å². The van der Waals surface area contributed by atoms with Crippen molar-refractivity contribution in [3.05, 3.63) is 32.6 Å². The molecule has 1 aromatic rings. The van der Waals surface area contributed by atoms with Crippen LogP contribution in [0.2, 0.25) is 0 Å². The first kappa shape index (κ1) is 13.5. The zero-order valence-corrected chi connectivity index (χ0v) is 9.68. The monoisotopic (exact) mass is 268 g/mol. The van der Waals surface area contributed by atoms with E-state index in [0.29, 0.717) is 0 Å². The van der Waals surface area contributed by atoms with Crippen LogP contribution in [0.25, 0.3) is 0 Å². The summed E-state index contributed by atoms with van der Waals surface area (Å²) in [6.07, 6.45) is 1.23. The molecule has 0 saturated carbocycles. The van der Waals surface area contributed by atoms with Gasteiger partial charge in [-0.3, -0.25) is 9.78 Å². The maximum Gasteiger partial charge on any atom is 0.340 e. The van der Waals surface area contributed by atoms with Crippen LogP contribution in [0.4, 0.5) is 0 Å². The first-order chi connectivity index (χ1) is 8.99. The van der Waals surface area contributed by atoms with Crippen molar-refractivity contribution < 1.29 is 20.1 Å². The highest BCUT2D eigenvalue weighted by atomic mass is 16.6. The number of nitrogens with one attached hydrogen (secondary N) is 1. The van der Waals surface area contributed by atoms with Crippen molar-refractivity contribution in [2.75, 3.05) is 6.61 Å². The topological polar surface area (TPSA) is 125 Å². The molecule has 1 aromatic heterocycles. The molecular weight excluding hydrogens is 256 g/mol. The van der Waals surface area contributed by atoms with E-state index in [1.165, 1.54) is 0 Å². The van der Waals surface area contributed by atoms with E-state index >= 15 is 0 Å². The summed E-state index contributed by atoms with van der Waals surface area (Å²) in [6.45, 7) is -0.512. The number of hydrogen-bond acceptors (Lipinski definition) is 6. The van der Waals surface area contributed by atoms with Crippen LogP contribution in [-0.2, 0) is 4.74 Å². The summed E-state index contributed by atoms with van der Waals surface area (Å²) in [4.78, 5) is 24.9. The third-order valence-electron chi connectivity index (χ3n) is 2.96. The highest BCUT2D eigenvalue weighted by Crippen LogP contribution is 2.31. The van der Waals surface area contributed by atoms with Crippen molar-refractivity contribution in [3.63, 3.8) is 0 Å². The van der Waals surface area contributed by atoms with Crippen molar-refractivity contribution in [1.29, 1.82) is 0 Å². The smallest absolute Gasteiger partial charge is 0.340 e. The van der Waals surface area contributed by atoms with Crippen molar-refractivity contribution in [2.24, 2.45) is 0 Å². The van der Waals surface area contributed by atoms with Crippen LogP contribution in [0.15, 0.2) is 15.8 Å². The number of hydrogen-bond donors (Lipinski definition) is 4. The van der Waals surface area contributed by atoms with Gasteiger partial charge in [0.1, 0.15) is 24.4 Å². The molecule has 0 spiro atoms. The Labute approximate surface area is 106 Å². The molecular formula is C11H12N2O6. The number of aliphatic hydroxyl groups is 3. The van der Waals surface area contributed by atoms with Crippen LogP contribution >= 0.6 is 0 Å². The van der Waals surface area contributed by atoms with Gasteiger partial charge in [-0.05, 0) is 0 Å². The molecule has 19 heavy (non-hydrogen) atoms. The number of aromatic nitrogens is 2. The van der Waals surface area contributed by atoms with E-state index in [-0.39, 0.29) is 5.56 Å². The van der Waals surface area contributed by atoms with Gasteiger partial charge in [-0.25, -0.2) is 9.36 Å². The maximum absolute atomic E-state index is 11.7. The average molecular weight is 268 g/mol. The molecule has 0 radical (unpaired) electrons. The molecule has 1 aliphatic heterocycles. The Hall–Kier alpha value is -1.92. The third-order valence-corrected chi connectivity index (χ3v) is 2.96. The predicted molar refractivity (Wildman–Crippen MR) is 62.3 cm³/mol. The lowest BCUT2D eigenvalue weighted by molar-refractivity contribution is -0.0233. The van der Waals surface area contributed by atoms with E-state index < -0.39 is 42.3 Å². The van der Waals surface area contributed by atoms with Crippen molar-refractivity contribution in [3.8, 4) is 12.5 Å². The first-order valence-electron chi connectivity index (χ1n) is 5.44. The van der Waals surface area contributed by atoms with Crippen molar-refractivity contribution in [2.45, 2.75) is 24.4 Å². The number of H-pyrrole nitrogens is 1. The van der Waals surface area contributed by atoms with Gasteiger partial charge in [-0.1, -0.05) is 6.42 Å². The van der Waals surface area contributed by atoms with E-state index in [1.807, 2.05) is 11.0 Å². The fourth-order valence-corrected chi connectivity index (χ4v) is 1.94. The number of ether oxygens (including phenoxy) is 1. The summed E-state index contributed by atoms with van der Waals surface area (Å²) in [5, 5.41) is 28.4. The molecule has 1 saturated heterocycles. The van der Waals surface area contributed by atoms with E-state index in [4.69, 9.17) is 16.3 Å².